The van der Waals surface area contributed by atoms with Crippen molar-refractivity contribution in [2.45, 2.75) is 32.2 Å². The lowest BCUT2D eigenvalue weighted by molar-refractivity contribution is 0.0917. The third-order valence-electron chi connectivity index (χ3n) is 5.18. The van der Waals surface area contributed by atoms with Crippen LogP contribution in [0.1, 0.15) is 46.4 Å². The van der Waals surface area contributed by atoms with Crippen LogP contribution in [0.5, 0.6) is 0 Å². The number of piperidine rings is 1. The van der Waals surface area contributed by atoms with Gasteiger partial charge < -0.3 is 9.73 Å². The quantitative estimate of drug-likeness (QED) is 0.659. The van der Waals surface area contributed by atoms with E-state index in [4.69, 9.17) is 4.42 Å². The molecule has 1 aliphatic heterocycles. The van der Waals surface area contributed by atoms with E-state index in [-0.39, 0.29) is 11.9 Å². The molecule has 5 nitrogen and oxygen atoms in total. The topological polar surface area (TPSA) is 58.4 Å². The van der Waals surface area contributed by atoms with Gasteiger partial charge in [-0.3, -0.25) is 9.69 Å². The number of carbonyl (C=O) groups is 1. The minimum atomic E-state index is -0.0641. The number of carbonyl (C=O) groups excluding carboxylic acids is 1. The van der Waals surface area contributed by atoms with Crippen LogP contribution < -0.4 is 5.32 Å². The Kier molecular flexibility index (Phi) is 5.88. The molecular formula is C22H25N3O2S. The number of furan rings is 1. The van der Waals surface area contributed by atoms with Gasteiger partial charge in [-0.05, 0) is 45.0 Å². The Balaban J connectivity index is 1.47. The van der Waals surface area contributed by atoms with E-state index in [1.54, 1.807) is 6.26 Å². The molecule has 1 aliphatic rings. The van der Waals surface area contributed by atoms with Gasteiger partial charge in [0.25, 0.3) is 5.91 Å². The van der Waals surface area contributed by atoms with Crippen molar-refractivity contribution >= 4 is 17.2 Å². The van der Waals surface area contributed by atoms with Crippen LogP contribution in [-0.2, 0) is 0 Å². The van der Waals surface area contributed by atoms with Crippen molar-refractivity contribution < 1.29 is 9.21 Å². The Bertz CT molecular complexity index is 899. The molecule has 1 fully saturated rings. The van der Waals surface area contributed by atoms with E-state index in [1.165, 1.54) is 30.6 Å². The number of nitrogens with zero attached hydrogens (tertiary/aromatic N) is 2. The summed E-state index contributed by atoms with van der Waals surface area (Å²) < 4.78 is 5.67. The summed E-state index contributed by atoms with van der Waals surface area (Å²) in [5, 5.41) is 4.00. The largest absolute Gasteiger partial charge is 0.468 e. The molecule has 146 valence electrons. The first-order valence-electron chi connectivity index (χ1n) is 9.81. The standard InChI is InChI=1S/C22H25N3O2S/c1-16-20(28-22(24-16)17-9-4-2-5-10-17)21(26)23-15-18(19-11-8-14-27-19)25-12-6-3-7-13-25/h2,4-5,8-11,14,18H,3,6-7,12-13,15H2,1H3,(H,23,26)/t18-/m1/s1. The number of aryl methyl sites for hydroxylation is 1. The van der Waals surface area contributed by atoms with Gasteiger partial charge in [-0.1, -0.05) is 36.8 Å². The van der Waals surface area contributed by atoms with Gasteiger partial charge in [0.1, 0.15) is 15.6 Å². The van der Waals surface area contributed by atoms with Crippen LogP contribution in [0.15, 0.2) is 53.1 Å². The first-order chi connectivity index (χ1) is 13.7. The lowest BCUT2D eigenvalue weighted by Gasteiger charge is -2.33. The fourth-order valence-electron chi connectivity index (χ4n) is 3.70. The van der Waals surface area contributed by atoms with Crippen LogP contribution in [0.3, 0.4) is 0 Å². The molecule has 1 atom stereocenters. The molecule has 3 aromatic rings. The zero-order valence-electron chi connectivity index (χ0n) is 16.1. The molecule has 0 saturated carbocycles. The maximum Gasteiger partial charge on any atom is 0.263 e. The Hall–Kier alpha value is -2.44. The summed E-state index contributed by atoms with van der Waals surface area (Å²) in [5.74, 6) is 0.846. The zero-order valence-corrected chi connectivity index (χ0v) is 16.9. The van der Waals surface area contributed by atoms with E-state index in [0.717, 1.165) is 35.1 Å². The summed E-state index contributed by atoms with van der Waals surface area (Å²) in [6, 6.07) is 14.0. The highest BCUT2D eigenvalue weighted by Crippen LogP contribution is 2.28. The zero-order chi connectivity index (χ0) is 19.3. The van der Waals surface area contributed by atoms with Crippen molar-refractivity contribution in [3.8, 4) is 10.6 Å². The second-order valence-corrected chi connectivity index (χ2v) is 8.14. The van der Waals surface area contributed by atoms with Gasteiger partial charge >= 0.3 is 0 Å². The van der Waals surface area contributed by atoms with Gasteiger partial charge in [0.15, 0.2) is 0 Å². The van der Waals surface area contributed by atoms with Gasteiger partial charge in [-0.15, -0.1) is 11.3 Å². The van der Waals surface area contributed by atoms with Crippen LogP contribution in [0.4, 0.5) is 0 Å². The number of amides is 1. The van der Waals surface area contributed by atoms with Crippen LogP contribution in [-0.4, -0.2) is 35.4 Å². The smallest absolute Gasteiger partial charge is 0.263 e. The summed E-state index contributed by atoms with van der Waals surface area (Å²) in [6.07, 6.45) is 5.36. The van der Waals surface area contributed by atoms with Gasteiger partial charge in [-0.2, -0.15) is 0 Å². The van der Waals surface area contributed by atoms with Gasteiger partial charge in [0.2, 0.25) is 0 Å². The molecule has 3 heterocycles. The van der Waals surface area contributed by atoms with Gasteiger partial charge in [-0.25, -0.2) is 4.98 Å². The third kappa shape index (κ3) is 4.18. The second-order valence-electron chi connectivity index (χ2n) is 7.14. The van der Waals surface area contributed by atoms with Crippen molar-refractivity contribution in [3.05, 3.63) is 65.1 Å². The molecule has 28 heavy (non-hydrogen) atoms. The monoisotopic (exact) mass is 395 g/mol. The van der Waals surface area contributed by atoms with Gasteiger partial charge in [0.05, 0.1) is 18.0 Å². The number of aromatic nitrogens is 1. The molecule has 2 aromatic heterocycles. The van der Waals surface area contributed by atoms with E-state index in [1.807, 2.05) is 49.4 Å². The molecule has 0 spiro atoms. The molecule has 1 aromatic carbocycles. The Morgan fingerprint density at radius 2 is 1.96 bits per heavy atom. The lowest BCUT2D eigenvalue weighted by atomic mass is 10.1. The lowest BCUT2D eigenvalue weighted by Crippen LogP contribution is -2.40. The van der Waals surface area contributed by atoms with Crippen LogP contribution in [0.2, 0.25) is 0 Å². The molecule has 0 bridgehead atoms. The summed E-state index contributed by atoms with van der Waals surface area (Å²) in [5.41, 5.74) is 1.81. The van der Waals surface area contributed by atoms with E-state index >= 15 is 0 Å². The van der Waals surface area contributed by atoms with Crippen LogP contribution >= 0.6 is 11.3 Å². The normalized spacial score (nSPS) is 16.0. The summed E-state index contributed by atoms with van der Waals surface area (Å²) >= 11 is 1.45. The van der Waals surface area contributed by atoms with E-state index < -0.39 is 0 Å². The fourth-order valence-corrected chi connectivity index (χ4v) is 4.69. The van der Waals surface area contributed by atoms with Crippen molar-refractivity contribution in [2.75, 3.05) is 19.6 Å². The molecule has 6 heteroatoms. The molecule has 0 unspecified atom stereocenters. The SMILES string of the molecule is Cc1nc(-c2ccccc2)sc1C(=O)NC[C@H](c1ccco1)N1CCCCC1. The van der Waals surface area contributed by atoms with E-state index in [2.05, 4.69) is 15.2 Å². The predicted molar refractivity (Wildman–Crippen MR) is 111 cm³/mol. The van der Waals surface area contributed by atoms with Crippen LogP contribution in [0.25, 0.3) is 10.6 Å². The third-order valence-corrected chi connectivity index (χ3v) is 6.39. The minimum absolute atomic E-state index is 0.0641. The summed E-state index contributed by atoms with van der Waals surface area (Å²) in [6.45, 7) is 4.51. The highest BCUT2D eigenvalue weighted by molar-refractivity contribution is 7.17. The van der Waals surface area contributed by atoms with Crippen molar-refractivity contribution in [2.24, 2.45) is 0 Å². The van der Waals surface area contributed by atoms with E-state index in [0.29, 0.717) is 11.4 Å². The Morgan fingerprint density at radius 1 is 1.18 bits per heavy atom. The van der Waals surface area contributed by atoms with Crippen molar-refractivity contribution in [3.63, 3.8) is 0 Å². The molecule has 1 N–H and O–H groups in total. The number of likely N-dealkylation sites (tertiary alicyclic amines) is 1. The average Bonchev–Trinajstić information content (AvgIpc) is 3.40. The molecule has 1 saturated heterocycles. The fraction of sp³-hybridized carbons (Fsp3) is 0.364. The number of benzene rings is 1. The molecule has 0 radical (unpaired) electrons. The summed E-state index contributed by atoms with van der Waals surface area (Å²) in [4.78, 5) is 20.6. The highest BCUT2D eigenvalue weighted by atomic mass is 32.1. The van der Waals surface area contributed by atoms with Crippen molar-refractivity contribution in [1.29, 1.82) is 0 Å². The van der Waals surface area contributed by atoms with Gasteiger partial charge in [0, 0.05) is 12.1 Å². The van der Waals surface area contributed by atoms with Crippen LogP contribution in [0, 0.1) is 6.92 Å². The minimum Gasteiger partial charge on any atom is -0.468 e. The first kappa shape index (κ1) is 18.9. The number of nitrogens with one attached hydrogen (secondary N) is 1. The molecule has 1 amide bonds. The second kappa shape index (κ2) is 8.71. The number of thiazole rings is 1. The summed E-state index contributed by atoms with van der Waals surface area (Å²) in [7, 11) is 0. The predicted octanol–water partition coefficient (Wildman–Crippen LogP) is 4.67. The first-order valence-corrected chi connectivity index (χ1v) is 10.6. The highest BCUT2D eigenvalue weighted by Gasteiger charge is 2.26. The maximum atomic E-state index is 12.9. The Labute approximate surface area is 169 Å². The molecule has 4 rings (SSSR count). The van der Waals surface area contributed by atoms with Crippen molar-refractivity contribution in [1.82, 2.24) is 15.2 Å². The van der Waals surface area contributed by atoms with E-state index in [9.17, 15) is 4.79 Å². The number of hydrogen-bond donors (Lipinski definition) is 1. The molecule has 0 aliphatic carbocycles. The Morgan fingerprint density at radius 3 is 2.68 bits per heavy atom. The molecular weight excluding hydrogens is 370 g/mol. The maximum absolute atomic E-state index is 12.9. The number of hydrogen-bond acceptors (Lipinski definition) is 5. The average molecular weight is 396 g/mol. The number of rotatable bonds is 6.